The number of nitrogens with one attached hydrogen (secondary N) is 1. The van der Waals surface area contributed by atoms with Crippen molar-refractivity contribution < 1.29 is 4.79 Å². The van der Waals surface area contributed by atoms with E-state index in [-0.39, 0.29) is 0 Å². The number of Topliss-reactive ketones (excluding diaryl/α,β-unsaturated/α-hetero) is 1. The van der Waals surface area contributed by atoms with Crippen LogP contribution in [-0.2, 0) is 4.79 Å². The van der Waals surface area contributed by atoms with E-state index in [0.29, 0.717) is 23.5 Å². The van der Waals surface area contributed by atoms with E-state index in [1.54, 1.807) is 0 Å². The summed E-state index contributed by atoms with van der Waals surface area (Å²) in [7, 11) is 0. The van der Waals surface area contributed by atoms with Crippen molar-refractivity contribution in [3.63, 3.8) is 0 Å². The molecule has 0 amide bonds. The minimum absolute atomic E-state index is 0.393. The average molecular weight is 221 g/mol. The molecule has 2 heteroatoms. The highest BCUT2D eigenvalue weighted by molar-refractivity contribution is 5.82. The number of piperidine rings is 1. The van der Waals surface area contributed by atoms with Crippen molar-refractivity contribution in [3.05, 3.63) is 0 Å². The number of hydrogen-bond acceptors (Lipinski definition) is 2. The van der Waals surface area contributed by atoms with E-state index in [0.717, 1.165) is 31.3 Å². The number of hydrogen-bond donors (Lipinski definition) is 1. The van der Waals surface area contributed by atoms with Crippen LogP contribution in [0.4, 0.5) is 0 Å². The summed E-state index contributed by atoms with van der Waals surface area (Å²) in [6.07, 6.45) is 7.18. The lowest BCUT2D eigenvalue weighted by molar-refractivity contribution is -0.135. The van der Waals surface area contributed by atoms with Gasteiger partial charge in [-0.15, -0.1) is 0 Å². The molecular formula is C14H23NO. The molecule has 1 aliphatic heterocycles. The van der Waals surface area contributed by atoms with Crippen LogP contribution in [0.5, 0.6) is 0 Å². The molecule has 0 unspecified atom stereocenters. The highest BCUT2D eigenvalue weighted by Crippen LogP contribution is 2.48. The largest absolute Gasteiger partial charge is 0.314 e. The lowest BCUT2D eigenvalue weighted by atomic mass is 9.56. The first-order chi connectivity index (χ1) is 7.81. The van der Waals surface area contributed by atoms with Crippen LogP contribution in [0.1, 0.15) is 45.4 Å². The molecule has 0 aromatic carbocycles. The average Bonchev–Trinajstić information content (AvgIpc) is 2.30. The van der Waals surface area contributed by atoms with Gasteiger partial charge in [0.25, 0.3) is 0 Å². The van der Waals surface area contributed by atoms with Gasteiger partial charge in [-0.25, -0.2) is 0 Å². The fourth-order valence-corrected chi connectivity index (χ4v) is 4.71. The topological polar surface area (TPSA) is 29.1 Å². The van der Waals surface area contributed by atoms with Crippen LogP contribution in [0.2, 0.25) is 0 Å². The SMILES string of the molecule is CC[C@H]1C(=O)C[C@@H]2CCN[C@@H]3CCC[C@H]1[C@@H]23. The first-order valence-electron chi connectivity index (χ1n) is 7.07. The summed E-state index contributed by atoms with van der Waals surface area (Å²) in [6.45, 7) is 3.34. The normalized spacial score (nSPS) is 47.6. The van der Waals surface area contributed by atoms with Crippen molar-refractivity contribution in [1.82, 2.24) is 5.32 Å². The van der Waals surface area contributed by atoms with Gasteiger partial charge < -0.3 is 5.32 Å². The van der Waals surface area contributed by atoms with E-state index in [2.05, 4.69) is 12.2 Å². The smallest absolute Gasteiger partial charge is 0.136 e. The zero-order valence-electron chi connectivity index (χ0n) is 10.2. The Labute approximate surface area is 98.2 Å². The molecule has 90 valence electrons. The summed E-state index contributed by atoms with van der Waals surface area (Å²) in [5, 5.41) is 3.70. The van der Waals surface area contributed by atoms with Crippen molar-refractivity contribution in [2.45, 2.75) is 51.5 Å². The van der Waals surface area contributed by atoms with Gasteiger partial charge in [-0.05, 0) is 50.0 Å². The molecule has 1 heterocycles. The number of rotatable bonds is 1. The summed E-state index contributed by atoms with van der Waals surface area (Å²) in [4.78, 5) is 12.2. The van der Waals surface area contributed by atoms with E-state index in [1.165, 1.54) is 25.7 Å². The Morgan fingerprint density at radius 2 is 2.19 bits per heavy atom. The van der Waals surface area contributed by atoms with Crippen LogP contribution in [0.25, 0.3) is 0 Å². The molecule has 3 aliphatic rings. The van der Waals surface area contributed by atoms with Crippen molar-refractivity contribution in [2.75, 3.05) is 6.54 Å². The summed E-state index contributed by atoms with van der Waals surface area (Å²) in [6, 6.07) is 0.736. The third-order valence-corrected chi connectivity index (χ3v) is 5.31. The second kappa shape index (κ2) is 4.14. The van der Waals surface area contributed by atoms with E-state index < -0.39 is 0 Å². The van der Waals surface area contributed by atoms with Gasteiger partial charge in [-0.1, -0.05) is 13.3 Å². The monoisotopic (exact) mass is 221 g/mol. The molecule has 2 aliphatic carbocycles. The van der Waals surface area contributed by atoms with E-state index >= 15 is 0 Å². The fraction of sp³-hybridized carbons (Fsp3) is 0.929. The maximum Gasteiger partial charge on any atom is 0.136 e. The minimum atomic E-state index is 0.393. The molecule has 2 saturated carbocycles. The molecule has 16 heavy (non-hydrogen) atoms. The molecule has 0 aromatic rings. The van der Waals surface area contributed by atoms with Gasteiger partial charge in [0.1, 0.15) is 5.78 Å². The van der Waals surface area contributed by atoms with Gasteiger partial charge in [0, 0.05) is 18.4 Å². The Morgan fingerprint density at radius 1 is 1.31 bits per heavy atom. The predicted molar refractivity (Wildman–Crippen MR) is 64.1 cm³/mol. The standard InChI is InChI=1S/C14H23NO/c1-2-10-11-4-3-5-12-14(11)9(6-7-15-12)8-13(10)16/h9-12,14-15H,2-8H2,1H3/t9-,10+,11+,12+,14+/m0/s1. The molecule has 1 N–H and O–H groups in total. The second-order valence-corrected chi connectivity index (χ2v) is 5.97. The summed E-state index contributed by atoms with van der Waals surface area (Å²) in [5.41, 5.74) is 0. The third-order valence-electron chi connectivity index (χ3n) is 5.31. The van der Waals surface area contributed by atoms with Crippen molar-refractivity contribution >= 4 is 5.78 Å². The second-order valence-electron chi connectivity index (χ2n) is 5.97. The maximum absolute atomic E-state index is 12.2. The molecule has 0 radical (unpaired) electrons. The Morgan fingerprint density at radius 3 is 3.00 bits per heavy atom. The van der Waals surface area contributed by atoms with Gasteiger partial charge in [0.2, 0.25) is 0 Å². The summed E-state index contributed by atoms with van der Waals surface area (Å²) < 4.78 is 0. The lowest BCUT2D eigenvalue weighted by Crippen LogP contribution is -2.56. The van der Waals surface area contributed by atoms with Crippen LogP contribution in [0.3, 0.4) is 0 Å². The molecule has 0 aromatic heterocycles. The van der Waals surface area contributed by atoms with Gasteiger partial charge in [-0.3, -0.25) is 4.79 Å². The van der Waals surface area contributed by atoms with E-state index in [9.17, 15) is 4.79 Å². The van der Waals surface area contributed by atoms with Gasteiger partial charge in [0.15, 0.2) is 0 Å². The number of carbonyl (C=O) groups excluding carboxylic acids is 1. The highest BCUT2D eigenvalue weighted by Gasteiger charge is 2.48. The Hall–Kier alpha value is -0.370. The maximum atomic E-state index is 12.2. The zero-order chi connectivity index (χ0) is 11.1. The van der Waals surface area contributed by atoms with Crippen LogP contribution in [0.15, 0.2) is 0 Å². The lowest BCUT2D eigenvalue weighted by Gasteiger charge is -2.52. The van der Waals surface area contributed by atoms with Crippen LogP contribution < -0.4 is 5.32 Å². The summed E-state index contributed by atoms with van der Waals surface area (Å²) in [5.74, 6) is 3.22. The van der Waals surface area contributed by atoms with Gasteiger partial charge >= 0.3 is 0 Å². The minimum Gasteiger partial charge on any atom is -0.314 e. The Kier molecular flexibility index (Phi) is 2.78. The quantitative estimate of drug-likeness (QED) is 0.736. The van der Waals surface area contributed by atoms with Crippen LogP contribution in [-0.4, -0.2) is 18.4 Å². The molecule has 3 rings (SSSR count). The van der Waals surface area contributed by atoms with Gasteiger partial charge in [0.05, 0.1) is 0 Å². The summed E-state index contributed by atoms with van der Waals surface area (Å²) >= 11 is 0. The molecule has 3 fully saturated rings. The first kappa shape index (κ1) is 10.8. The number of ketones is 1. The van der Waals surface area contributed by atoms with E-state index in [1.807, 2.05) is 0 Å². The van der Waals surface area contributed by atoms with Gasteiger partial charge in [-0.2, -0.15) is 0 Å². The van der Waals surface area contributed by atoms with Crippen LogP contribution >= 0.6 is 0 Å². The Bertz CT molecular complexity index is 286. The molecule has 0 bridgehead atoms. The van der Waals surface area contributed by atoms with E-state index in [4.69, 9.17) is 0 Å². The molecular weight excluding hydrogens is 198 g/mol. The van der Waals surface area contributed by atoms with Crippen LogP contribution in [0, 0.1) is 23.7 Å². The Balaban J connectivity index is 1.88. The molecule has 0 spiro atoms. The predicted octanol–water partition coefficient (Wildman–Crippen LogP) is 2.38. The highest BCUT2D eigenvalue weighted by atomic mass is 16.1. The van der Waals surface area contributed by atoms with Crippen molar-refractivity contribution in [3.8, 4) is 0 Å². The molecule has 5 atom stereocenters. The molecule has 1 saturated heterocycles. The first-order valence-corrected chi connectivity index (χ1v) is 7.07. The van der Waals surface area contributed by atoms with Crippen molar-refractivity contribution in [2.24, 2.45) is 23.7 Å². The van der Waals surface area contributed by atoms with Crippen molar-refractivity contribution in [1.29, 1.82) is 0 Å². The fourth-order valence-electron chi connectivity index (χ4n) is 4.71. The number of carbonyl (C=O) groups is 1. The third kappa shape index (κ3) is 1.54. The zero-order valence-corrected chi connectivity index (χ0v) is 10.2. The molecule has 2 nitrogen and oxygen atoms in total.